The summed E-state index contributed by atoms with van der Waals surface area (Å²) in [6.07, 6.45) is 3.30. The van der Waals surface area contributed by atoms with E-state index in [2.05, 4.69) is 25.8 Å². The average molecular weight is 209 g/mol. The number of allylic oxidation sites excluding steroid dienone is 1. The zero-order valence-electron chi connectivity index (χ0n) is 9.00. The lowest BCUT2D eigenvalue weighted by Gasteiger charge is -2.13. The molecule has 0 spiro atoms. The van der Waals surface area contributed by atoms with E-state index in [1.807, 2.05) is 5.38 Å². The quantitative estimate of drug-likeness (QED) is 0.701. The molecular formula is C11H15NOS. The number of hydrogen-bond donors (Lipinski definition) is 0. The monoisotopic (exact) mass is 209 g/mol. The number of ketones is 1. The second kappa shape index (κ2) is 4.05. The predicted molar refractivity (Wildman–Crippen MR) is 60.5 cm³/mol. The molecule has 0 radical (unpaired) electrons. The molecule has 0 aliphatic rings. The van der Waals surface area contributed by atoms with Gasteiger partial charge in [0.2, 0.25) is 0 Å². The highest BCUT2D eigenvalue weighted by Gasteiger charge is 2.17. The second-order valence-corrected chi connectivity index (χ2v) is 5.13. The number of hydrogen-bond acceptors (Lipinski definition) is 3. The highest BCUT2D eigenvalue weighted by atomic mass is 32.1. The Morgan fingerprint density at radius 3 is 2.57 bits per heavy atom. The zero-order valence-corrected chi connectivity index (χ0v) is 9.81. The summed E-state index contributed by atoms with van der Waals surface area (Å²) in [5.74, 6) is 0.0512. The summed E-state index contributed by atoms with van der Waals surface area (Å²) < 4.78 is 0. The Balaban J connectivity index is 2.84. The Bertz CT molecular complexity index is 358. The lowest BCUT2D eigenvalue weighted by Crippen LogP contribution is -2.10. The third-order valence-corrected chi connectivity index (χ3v) is 2.94. The van der Waals surface area contributed by atoms with Crippen LogP contribution in [0.1, 0.15) is 38.4 Å². The maximum absolute atomic E-state index is 10.7. The van der Waals surface area contributed by atoms with Crippen molar-refractivity contribution in [2.45, 2.75) is 33.1 Å². The fraction of sp³-hybridized carbons (Fsp3) is 0.455. The van der Waals surface area contributed by atoms with Crippen LogP contribution in [0.25, 0.3) is 6.08 Å². The van der Waals surface area contributed by atoms with Gasteiger partial charge in [0.05, 0.1) is 10.7 Å². The summed E-state index contributed by atoms with van der Waals surface area (Å²) in [6, 6.07) is 0. The van der Waals surface area contributed by atoms with Crippen LogP contribution in [0.5, 0.6) is 0 Å². The lowest BCUT2D eigenvalue weighted by molar-refractivity contribution is -0.112. The second-order valence-electron chi connectivity index (χ2n) is 4.27. The van der Waals surface area contributed by atoms with Gasteiger partial charge in [-0.2, -0.15) is 0 Å². The van der Waals surface area contributed by atoms with E-state index in [1.165, 1.54) is 6.92 Å². The van der Waals surface area contributed by atoms with Crippen LogP contribution in [-0.2, 0) is 10.2 Å². The summed E-state index contributed by atoms with van der Waals surface area (Å²) in [7, 11) is 0. The number of carbonyl (C=O) groups is 1. The van der Waals surface area contributed by atoms with Crippen molar-refractivity contribution in [3.8, 4) is 0 Å². The summed E-state index contributed by atoms with van der Waals surface area (Å²) in [5, 5.41) is 3.07. The van der Waals surface area contributed by atoms with Crippen LogP contribution in [0.4, 0.5) is 0 Å². The number of thiazole rings is 1. The predicted octanol–water partition coefficient (Wildman–Crippen LogP) is 3.04. The zero-order chi connectivity index (χ0) is 10.8. The maximum Gasteiger partial charge on any atom is 0.152 e. The first-order chi connectivity index (χ1) is 6.39. The van der Waals surface area contributed by atoms with Gasteiger partial charge in [0.25, 0.3) is 0 Å². The van der Waals surface area contributed by atoms with E-state index in [0.29, 0.717) is 0 Å². The minimum absolute atomic E-state index is 0.0512. The van der Waals surface area contributed by atoms with Gasteiger partial charge in [-0.05, 0) is 19.1 Å². The summed E-state index contributed by atoms with van der Waals surface area (Å²) in [4.78, 5) is 15.1. The molecule has 3 heteroatoms. The topological polar surface area (TPSA) is 30.0 Å². The van der Waals surface area contributed by atoms with Crippen molar-refractivity contribution in [1.29, 1.82) is 0 Å². The Labute approximate surface area is 88.7 Å². The van der Waals surface area contributed by atoms with E-state index >= 15 is 0 Å². The Morgan fingerprint density at radius 1 is 1.50 bits per heavy atom. The van der Waals surface area contributed by atoms with E-state index in [9.17, 15) is 4.79 Å². The van der Waals surface area contributed by atoms with Gasteiger partial charge < -0.3 is 0 Å². The SMILES string of the molecule is CC(=O)/C=C/c1csc(C(C)(C)C)n1. The molecule has 0 fully saturated rings. The van der Waals surface area contributed by atoms with Crippen molar-refractivity contribution < 1.29 is 4.79 Å². The van der Waals surface area contributed by atoms with Crippen molar-refractivity contribution in [2.75, 3.05) is 0 Å². The molecule has 1 heterocycles. The minimum atomic E-state index is 0.0512. The van der Waals surface area contributed by atoms with E-state index in [-0.39, 0.29) is 11.2 Å². The first kappa shape index (κ1) is 11.1. The Morgan fingerprint density at radius 2 is 2.14 bits per heavy atom. The van der Waals surface area contributed by atoms with Crippen LogP contribution in [0, 0.1) is 0 Å². The molecule has 0 bridgehead atoms. The molecule has 1 aromatic heterocycles. The highest BCUT2D eigenvalue weighted by Crippen LogP contribution is 2.25. The first-order valence-electron chi connectivity index (χ1n) is 4.54. The van der Waals surface area contributed by atoms with Gasteiger partial charge in [-0.1, -0.05) is 20.8 Å². The molecule has 0 amide bonds. The van der Waals surface area contributed by atoms with Crippen LogP contribution >= 0.6 is 11.3 Å². The summed E-state index contributed by atoms with van der Waals surface area (Å²) in [6.45, 7) is 7.92. The summed E-state index contributed by atoms with van der Waals surface area (Å²) >= 11 is 1.63. The van der Waals surface area contributed by atoms with Crippen LogP contribution in [0.2, 0.25) is 0 Å². The van der Waals surface area contributed by atoms with Crippen LogP contribution in [-0.4, -0.2) is 10.8 Å². The van der Waals surface area contributed by atoms with Gasteiger partial charge in [0.15, 0.2) is 5.78 Å². The van der Waals surface area contributed by atoms with Crippen molar-refractivity contribution in [3.05, 3.63) is 22.2 Å². The number of carbonyl (C=O) groups excluding carboxylic acids is 1. The average Bonchev–Trinajstić information content (AvgIpc) is 2.47. The molecule has 0 saturated heterocycles. The van der Waals surface area contributed by atoms with Gasteiger partial charge in [0.1, 0.15) is 0 Å². The van der Waals surface area contributed by atoms with E-state index in [4.69, 9.17) is 0 Å². The summed E-state index contributed by atoms with van der Waals surface area (Å²) in [5.41, 5.74) is 0.961. The molecule has 0 aromatic carbocycles. The van der Waals surface area contributed by atoms with Crippen LogP contribution < -0.4 is 0 Å². The molecule has 1 aromatic rings. The Kier molecular flexibility index (Phi) is 3.21. The largest absolute Gasteiger partial charge is 0.295 e. The molecule has 0 saturated carbocycles. The van der Waals surface area contributed by atoms with Gasteiger partial charge >= 0.3 is 0 Å². The fourth-order valence-corrected chi connectivity index (χ4v) is 1.79. The van der Waals surface area contributed by atoms with Crippen LogP contribution in [0.3, 0.4) is 0 Å². The van der Waals surface area contributed by atoms with E-state index in [0.717, 1.165) is 10.7 Å². The molecule has 0 atom stereocenters. The third-order valence-electron chi connectivity index (χ3n) is 1.65. The maximum atomic E-state index is 10.7. The molecule has 1 rings (SSSR count). The van der Waals surface area contributed by atoms with Crippen molar-refractivity contribution in [1.82, 2.24) is 4.98 Å². The third kappa shape index (κ3) is 3.07. The molecule has 76 valence electrons. The van der Waals surface area contributed by atoms with Crippen molar-refractivity contribution in [3.63, 3.8) is 0 Å². The molecule has 2 nitrogen and oxygen atoms in total. The highest BCUT2D eigenvalue weighted by molar-refractivity contribution is 7.09. The van der Waals surface area contributed by atoms with Gasteiger partial charge in [-0.15, -0.1) is 11.3 Å². The first-order valence-corrected chi connectivity index (χ1v) is 5.42. The fourth-order valence-electron chi connectivity index (χ4n) is 0.910. The van der Waals surface area contributed by atoms with E-state index in [1.54, 1.807) is 23.5 Å². The standard InChI is InChI=1S/C11H15NOS/c1-8(13)5-6-9-7-14-10(12-9)11(2,3)4/h5-7H,1-4H3/b6-5+. The van der Waals surface area contributed by atoms with Crippen LogP contribution in [0.15, 0.2) is 11.5 Å². The van der Waals surface area contributed by atoms with Crippen molar-refractivity contribution in [2.24, 2.45) is 0 Å². The van der Waals surface area contributed by atoms with Crippen molar-refractivity contribution >= 4 is 23.2 Å². The lowest BCUT2D eigenvalue weighted by atomic mass is 9.98. The number of rotatable bonds is 2. The van der Waals surface area contributed by atoms with Gasteiger partial charge in [-0.25, -0.2) is 4.98 Å². The number of nitrogens with zero attached hydrogens (tertiary/aromatic N) is 1. The molecular weight excluding hydrogens is 194 g/mol. The van der Waals surface area contributed by atoms with Gasteiger partial charge in [0, 0.05) is 10.8 Å². The number of aromatic nitrogens is 1. The molecule has 0 aliphatic heterocycles. The molecule has 0 aliphatic carbocycles. The minimum Gasteiger partial charge on any atom is -0.295 e. The van der Waals surface area contributed by atoms with E-state index < -0.39 is 0 Å². The molecule has 0 unspecified atom stereocenters. The van der Waals surface area contributed by atoms with Gasteiger partial charge in [-0.3, -0.25) is 4.79 Å². The molecule has 14 heavy (non-hydrogen) atoms. The molecule has 0 N–H and O–H groups in total. The normalized spacial score (nSPS) is 12.3. The smallest absolute Gasteiger partial charge is 0.152 e. The Hall–Kier alpha value is -0.960.